The van der Waals surface area contributed by atoms with Crippen LogP contribution in [0.3, 0.4) is 0 Å². The van der Waals surface area contributed by atoms with E-state index < -0.39 is 26.1 Å². The molecule has 0 saturated heterocycles. The number of nitrogens with zero attached hydrogens (tertiary/aromatic N) is 2. The zero-order valence-corrected chi connectivity index (χ0v) is 14.1. The van der Waals surface area contributed by atoms with Gasteiger partial charge in [0.05, 0.1) is 11.0 Å². The second-order valence-electron chi connectivity index (χ2n) is 5.28. The number of hydrogen-bond donors (Lipinski definition) is 0. The quantitative estimate of drug-likeness (QED) is 0.745. The van der Waals surface area contributed by atoms with Gasteiger partial charge in [-0.25, -0.2) is 8.42 Å². The molecule has 0 bridgehead atoms. The molecule has 2 aromatic rings. The number of benzene rings is 2. The van der Waals surface area contributed by atoms with Crippen LogP contribution in [0.5, 0.6) is 0 Å². The lowest BCUT2D eigenvalue weighted by Gasteiger charge is -2.20. The molecule has 9 heteroatoms. The summed E-state index contributed by atoms with van der Waals surface area (Å²) in [5.41, 5.74) is -4.66. The van der Waals surface area contributed by atoms with Crippen molar-refractivity contribution >= 4 is 15.7 Å². The Balaban J connectivity index is 2.26. The average molecular weight is 382 g/mol. The molecule has 0 saturated carbocycles. The van der Waals surface area contributed by atoms with Crippen LogP contribution >= 0.6 is 0 Å². The number of nitriles is 1. The molecule has 0 aliphatic carbocycles. The van der Waals surface area contributed by atoms with Crippen LogP contribution in [-0.4, -0.2) is 31.3 Å². The molecule has 0 atom stereocenters. The maximum absolute atomic E-state index is 12.5. The molecule has 0 N–H and O–H groups in total. The summed E-state index contributed by atoms with van der Waals surface area (Å²) in [6.45, 7) is -0.0911. The Morgan fingerprint density at radius 3 is 2.12 bits per heavy atom. The molecule has 136 valence electrons. The first-order chi connectivity index (χ1) is 12.2. The molecule has 0 unspecified atom stereocenters. The lowest BCUT2D eigenvalue weighted by molar-refractivity contribution is -0.0436. The van der Waals surface area contributed by atoms with Crippen molar-refractivity contribution in [3.63, 3.8) is 0 Å². The Morgan fingerprint density at radius 1 is 1.04 bits per heavy atom. The Hall–Kier alpha value is -2.86. The number of halogens is 3. The maximum atomic E-state index is 12.5. The van der Waals surface area contributed by atoms with E-state index in [0.717, 1.165) is 29.8 Å². The Bertz CT molecular complexity index is 918. The largest absolute Gasteiger partial charge is 0.501 e. The molecule has 0 radical (unpaired) electrons. The zero-order chi connectivity index (χ0) is 19.4. The second-order valence-corrected chi connectivity index (χ2v) is 7.22. The molecule has 0 aliphatic rings. The summed E-state index contributed by atoms with van der Waals surface area (Å²) in [6.07, 6.45) is 0. The number of alkyl halides is 3. The molecule has 2 rings (SSSR count). The van der Waals surface area contributed by atoms with E-state index in [2.05, 4.69) is 0 Å². The van der Waals surface area contributed by atoms with Crippen molar-refractivity contribution in [3.05, 3.63) is 65.7 Å². The molecule has 0 heterocycles. The minimum absolute atomic E-state index is 0.0164. The number of rotatable bonds is 5. The molecule has 5 nitrogen and oxygen atoms in total. The molecule has 0 fully saturated rings. The van der Waals surface area contributed by atoms with E-state index in [1.165, 1.54) is 4.90 Å². The molecule has 0 aliphatic heterocycles. The summed E-state index contributed by atoms with van der Waals surface area (Å²) in [5, 5.41) is 8.90. The number of hydrogen-bond acceptors (Lipinski definition) is 4. The van der Waals surface area contributed by atoms with Crippen LogP contribution in [-0.2, 0) is 16.4 Å². The minimum Gasteiger partial charge on any atom is -0.321 e. The van der Waals surface area contributed by atoms with Gasteiger partial charge >= 0.3 is 5.51 Å². The topological polar surface area (TPSA) is 78.2 Å². The van der Waals surface area contributed by atoms with Crippen LogP contribution in [0.15, 0.2) is 59.5 Å². The first kappa shape index (κ1) is 19.5. The van der Waals surface area contributed by atoms with E-state index in [0.29, 0.717) is 0 Å². The van der Waals surface area contributed by atoms with Gasteiger partial charge in [0, 0.05) is 12.1 Å². The number of sulfone groups is 1. The molecule has 2 aromatic carbocycles. The molecular weight excluding hydrogens is 369 g/mol. The monoisotopic (exact) mass is 382 g/mol. The van der Waals surface area contributed by atoms with Crippen molar-refractivity contribution in [2.45, 2.75) is 16.9 Å². The van der Waals surface area contributed by atoms with Gasteiger partial charge in [-0.3, -0.25) is 4.79 Å². The third kappa shape index (κ3) is 4.21. The predicted octanol–water partition coefficient (Wildman–Crippen LogP) is 3.15. The minimum atomic E-state index is -5.48. The maximum Gasteiger partial charge on any atom is 0.501 e. The Morgan fingerprint density at radius 2 is 1.62 bits per heavy atom. The standard InChI is InChI=1S/C17H13F3N2O3S/c18-17(19,20)26(24,25)15-8-6-14(7-9-15)16(23)22(11-10-21)12-13-4-2-1-3-5-13/h1-9H,11-12H2. The van der Waals surface area contributed by atoms with Gasteiger partial charge in [0.1, 0.15) is 6.54 Å². The normalized spacial score (nSPS) is 11.6. The van der Waals surface area contributed by atoms with Gasteiger partial charge in [-0.2, -0.15) is 18.4 Å². The van der Waals surface area contributed by atoms with E-state index in [4.69, 9.17) is 5.26 Å². The third-order valence-electron chi connectivity index (χ3n) is 3.48. The van der Waals surface area contributed by atoms with Crippen molar-refractivity contribution in [1.29, 1.82) is 5.26 Å². The highest BCUT2D eigenvalue weighted by atomic mass is 32.2. The predicted molar refractivity (Wildman–Crippen MR) is 86.5 cm³/mol. The van der Waals surface area contributed by atoms with Gasteiger partial charge in [-0.15, -0.1) is 0 Å². The van der Waals surface area contributed by atoms with E-state index in [-0.39, 0.29) is 18.7 Å². The highest BCUT2D eigenvalue weighted by molar-refractivity contribution is 7.92. The number of carbonyl (C=O) groups is 1. The summed E-state index contributed by atoms with van der Waals surface area (Å²) in [7, 11) is -5.48. The smallest absolute Gasteiger partial charge is 0.321 e. The van der Waals surface area contributed by atoms with Crippen LogP contribution in [0, 0.1) is 11.3 Å². The van der Waals surface area contributed by atoms with Crippen LogP contribution in [0.2, 0.25) is 0 Å². The van der Waals surface area contributed by atoms with Gasteiger partial charge < -0.3 is 4.90 Å². The lowest BCUT2D eigenvalue weighted by atomic mass is 10.1. The molecule has 0 aromatic heterocycles. The first-order valence-electron chi connectivity index (χ1n) is 7.28. The van der Waals surface area contributed by atoms with Crippen molar-refractivity contribution in [2.75, 3.05) is 6.54 Å². The summed E-state index contributed by atoms with van der Waals surface area (Å²) in [6, 6.07) is 14.1. The fourth-order valence-corrected chi connectivity index (χ4v) is 2.94. The van der Waals surface area contributed by atoms with Crippen molar-refractivity contribution in [1.82, 2.24) is 4.90 Å². The van der Waals surface area contributed by atoms with Gasteiger partial charge in [0.25, 0.3) is 15.7 Å². The van der Waals surface area contributed by atoms with E-state index in [1.54, 1.807) is 30.3 Å². The van der Waals surface area contributed by atoms with Crippen LogP contribution in [0.1, 0.15) is 15.9 Å². The molecule has 0 spiro atoms. The van der Waals surface area contributed by atoms with Crippen molar-refractivity contribution in [2.24, 2.45) is 0 Å². The van der Waals surface area contributed by atoms with E-state index in [9.17, 15) is 26.4 Å². The van der Waals surface area contributed by atoms with E-state index >= 15 is 0 Å². The SMILES string of the molecule is N#CCN(Cc1ccccc1)C(=O)c1ccc(S(=O)(=O)C(F)(F)F)cc1. The van der Waals surface area contributed by atoms with Gasteiger partial charge in [-0.05, 0) is 29.8 Å². The highest BCUT2D eigenvalue weighted by Gasteiger charge is 2.46. The second kappa shape index (κ2) is 7.58. The van der Waals surface area contributed by atoms with Crippen molar-refractivity contribution < 1.29 is 26.4 Å². The number of amides is 1. The Labute approximate surface area is 148 Å². The van der Waals surface area contributed by atoms with E-state index in [1.807, 2.05) is 6.07 Å². The summed E-state index contributed by atoms with van der Waals surface area (Å²) in [5.74, 6) is -0.591. The summed E-state index contributed by atoms with van der Waals surface area (Å²) in [4.78, 5) is 12.8. The zero-order valence-electron chi connectivity index (χ0n) is 13.3. The fourth-order valence-electron chi connectivity index (χ4n) is 2.18. The van der Waals surface area contributed by atoms with Crippen LogP contribution in [0.4, 0.5) is 13.2 Å². The lowest BCUT2D eigenvalue weighted by Crippen LogP contribution is -2.31. The molecule has 1 amide bonds. The molecular formula is C17H13F3N2O3S. The fraction of sp³-hybridized carbons (Fsp3) is 0.176. The summed E-state index contributed by atoms with van der Waals surface area (Å²) < 4.78 is 60.3. The first-order valence-corrected chi connectivity index (χ1v) is 8.76. The molecule has 26 heavy (non-hydrogen) atoms. The van der Waals surface area contributed by atoms with Crippen LogP contribution in [0.25, 0.3) is 0 Å². The Kier molecular flexibility index (Phi) is 5.67. The van der Waals surface area contributed by atoms with Gasteiger partial charge in [-0.1, -0.05) is 30.3 Å². The van der Waals surface area contributed by atoms with Gasteiger partial charge in [0.15, 0.2) is 0 Å². The van der Waals surface area contributed by atoms with Crippen LogP contribution < -0.4 is 0 Å². The number of carbonyl (C=O) groups excluding carboxylic acids is 1. The highest BCUT2D eigenvalue weighted by Crippen LogP contribution is 2.30. The van der Waals surface area contributed by atoms with Gasteiger partial charge in [0.2, 0.25) is 0 Å². The average Bonchev–Trinajstić information content (AvgIpc) is 2.61. The van der Waals surface area contributed by atoms with Crippen molar-refractivity contribution in [3.8, 4) is 6.07 Å². The summed E-state index contributed by atoms with van der Waals surface area (Å²) >= 11 is 0. The third-order valence-corrected chi connectivity index (χ3v) is 4.98.